The fourth-order valence-corrected chi connectivity index (χ4v) is 2.71. The van der Waals surface area contributed by atoms with E-state index in [1.807, 2.05) is 6.07 Å². The lowest BCUT2D eigenvalue weighted by Crippen LogP contribution is -2.33. The van der Waals surface area contributed by atoms with Gasteiger partial charge in [-0.3, -0.25) is 0 Å². The van der Waals surface area contributed by atoms with E-state index in [1.165, 1.54) is 31.2 Å². The zero-order valence-electron chi connectivity index (χ0n) is 10.0. The highest BCUT2D eigenvalue weighted by molar-refractivity contribution is 5.19. The van der Waals surface area contributed by atoms with Gasteiger partial charge in [0.25, 0.3) is 0 Å². The summed E-state index contributed by atoms with van der Waals surface area (Å²) in [6, 6.07) is 11.4. The first kappa shape index (κ1) is 11.6. The van der Waals surface area contributed by atoms with Crippen molar-refractivity contribution in [3.63, 3.8) is 0 Å². The minimum absolute atomic E-state index is 0.221. The maximum Gasteiger partial charge on any atom is 0.0323 e. The number of hydrogen-bond acceptors (Lipinski definition) is 2. The second-order valence-corrected chi connectivity index (χ2v) is 4.84. The van der Waals surface area contributed by atoms with Gasteiger partial charge in [-0.05, 0) is 44.2 Å². The Kier molecular flexibility index (Phi) is 3.97. The first-order valence-electron chi connectivity index (χ1n) is 6.29. The lowest BCUT2D eigenvalue weighted by Gasteiger charge is -2.32. The third kappa shape index (κ3) is 2.63. The molecule has 1 aromatic carbocycles. The summed E-state index contributed by atoms with van der Waals surface area (Å²) in [6.07, 6.45) is 5.03. The molecule has 1 unspecified atom stereocenters. The highest BCUT2D eigenvalue weighted by Gasteiger charge is 2.25. The van der Waals surface area contributed by atoms with Gasteiger partial charge in [-0.1, -0.05) is 30.3 Å². The van der Waals surface area contributed by atoms with Crippen molar-refractivity contribution in [3.8, 4) is 0 Å². The van der Waals surface area contributed by atoms with Crippen molar-refractivity contribution in [2.75, 3.05) is 7.05 Å². The minimum Gasteiger partial charge on any atom is -0.324 e. The van der Waals surface area contributed by atoms with E-state index in [9.17, 15) is 0 Å². The summed E-state index contributed by atoms with van der Waals surface area (Å²) in [5.41, 5.74) is 7.62. The fourth-order valence-electron chi connectivity index (χ4n) is 2.71. The lowest BCUT2D eigenvalue weighted by atomic mass is 9.79. The largest absolute Gasteiger partial charge is 0.324 e. The summed E-state index contributed by atoms with van der Waals surface area (Å²) in [5, 5.41) is 3.36. The Morgan fingerprint density at radius 2 is 1.75 bits per heavy atom. The first-order valence-corrected chi connectivity index (χ1v) is 6.29. The van der Waals surface area contributed by atoms with Crippen LogP contribution in [-0.4, -0.2) is 13.1 Å². The van der Waals surface area contributed by atoms with Crippen molar-refractivity contribution in [3.05, 3.63) is 35.9 Å². The molecule has 0 amide bonds. The molecule has 3 N–H and O–H groups in total. The molecule has 0 aromatic heterocycles. The average Bonchev–Trinajstić information content (AvgIpc) is 2.39. The third-order valence-corrected chi connectivity index (χ3v) is 3.87. The topological polar surface area (TPSA) is 38.0 Å². The summed E-state index contributed by atoms with van der Waals surface area (Å²) in [4.78, 5) is 0. The van der Waals surface area contributed by atoms with Crippen molar-refractivity contribution in [1.82, 2.24) is 5.32 Å². The van der Waals surface area contributed by atoms with Crippen molar-refractivity contribution in [2.24, 2.45) is 11.7 Å². The lowest BCUT2D eigenvalue weighted by molar-refractivity contribution is 0.267. The fraction of sp³-hybridized carbons (Fsp3) is 0.571. The molecule has 88 valence electrons. The molecule has 1 fully saturated rings. The van der Waals surface area contributed by atoms with Crippen molar-refractivity contribution >= 4 is 0 Å². The highest BCUT2D eigenvalue weighted by Crippen LogP contribution is 2.32. The van der Waals surface area contributed by atoms with Gasteiger partial charge in [0, 0.05) is 12.1 Å². The van der Waals surface area contributed by atoms with E-state index in [4.69, 9.17) is 5.73 Å². The van der Waals surface area contributed by atoms with Gasteiger partial charge >= 0.3 is 0 Å². The predicted octanol–water partition coefficient (Wildman–Crippen LogP) is 2.46. The zero-order chi connectivity index (χ0) is 11.4. The molecule has 16 heavy (non-hydrogen) atoms. The van der Waals surface area contributed by atoms with E-state index in [1.54, 1.807) is 0 Å². The van der Waals surface area contributed by atoms with Crippen LogP contribution in [0.3, 0.4) is 0 Å². The molecule has 0 aliphatic heterocycles. The number of nitrogens with two attached hydrogens (primary N) is 1. The van der Waals surface area contributed by atoms with Gasteiger partial charge < -0.3 is 11.1 Å². The molecular formula is C14H22N2. The quantitative estimate of drug-likeness (QED) is 0.818. The number of benzene rings is 1. The van der Waals surface area contributed by atoms with Gasteiger partial charge in [-0.25, -0.2) is 0 Å². The standard InChI is InChI=1S/C14H22N2/c1-16-13-9-7-12(8-10-13)14(15)11-5-3-2-4-6-11/h2-6,12-14,16H,7-10,15H2,1H3. The summed E-state index contributed by atoms with van der Waals surface area (Å²) >= 11 is 0. The van der Waals surface area contributed by atoms with E-state index in [0.717, 1.165) is 0 Å². The number of nitrogens with one attached hydrogen (secondary N) is 1. The molecule has 0 radical (unpaired) electrons. The Bertz CT molecular complexity index is 302. The minimum atomic E-state index is 0.221. The summed E-state index contributed by atoms with van der Waals surface area (Å²) in [5.74, 6) is 0.659. The Balaban J connectivity index is 1.94. The Labute approximate surface area is 98.2 Å². The van der Waals surface area contributed by atoms with Gasteiger partial charge in [-0.15, -0.1) is 0 Å². The monoisotopic (exact) mass is 218 g/mol. The van der Waals surface area contributed by atoms with Crippen LogP contribution in [0.1, 0.15) is 37.3 Å². The summed E-state index contributed by atoms with van der Waals surface area (Å²) in [6.45, 7) is 0. The summed E-state index contributed by atoms with van der Waals surface area (Å²) in [7, 11) is 2.06. The van der Waals surface area contributed by atoms with Gasteiger partial charge in [0.15, 0.2) is 0 Å². The molecule has 1 atom stereocenters. The smallest absolute Gasteiger partial charge is 0.0323 e. The van der Waals surface area contributed by atoms with Crippen LogP contribution in [0.5, 0.6) is 0 Å². The highest BCUT2D eigenvalue weighted by atomic mass is 14.9. The molecular weight excluding hydrogens is 196 g/mol. The Morgan fingerprint density at radius 3 is 2.31 bits per heavy atom. The van der Waals surface area contributed by atoms with E-state index < -0.39 is 0 Å². The van der Waals surface area contributed by atoms with Crippen LogP contribution in [0.25, 0.3) is 0 Å². The molecule has 1 aromatic rings. The van der Waals surface area contributed by atoms with Gasteiger partial charge in [0.1, 0.15) is 0 Å². The SMILES string of the molecule is CNC1CCC(C(N)c2ccccc2)CC1. The van der Waals surface area contributed by atoms with Crippen LogP contribution >= 0.6 is 0 Å². The van der Waals surface area contributed by atoms with Crippen molar-refractivity contribution in [1.29, 1.82) is 0 Å². The second-order valence-electron chi connectivity index (χ2n) is 4.84. The van der Waals surface area contributed by atoms with E-state index in [0.29, 0.717) is 12.0 Å². The molecule has 1 saturated carbocycles. The van der Waals surface area contributed by atoms with Crippen LogP contribution < -0.4 is 11.1 Å². The summed E-state index contributed by atoms with van der Waals surface area (Å²) < 4.78 is 0. The van der Waals surface area contributed by atoms with Crippen LogP contribution in [0.2, 0.25) is 0 Å². The van der Waals surface area contributed by atoms with Gasteiger partial charge in [0.05, 0.1) is 0 Å². The molecule has 1 aliphatic carbocycles. The van der Waals surface area contributed by atoms with Gasteiger partial charge in [-0.2, -0.15) is 0 Å². The molecule has 0 spiro atoms. The van der Waals surface area contributed by atoms with Crippen LogP contribution in [0.15, 0.2) is 30.3 Å². The molecule has 2 heteroatoms. The predicted molar refractivity (Wildman–Crippen MR) is 68.2 cm³/mol. The van der Waals surface area contributed by atoms with Crippen molar-refractivity contribution < 1.29 is 0 Å². The second kappa shape index (κ2) is 5.46. The first-order chi connectivity index (χ1) is 7.81. The van der Waals surface area contributed by atoms with Gasteiger partial charge in [0.2, 0.25) is 0 Å². The van der Waals surface area contributed by atoms with Crippen LogP contribution in [0, 0.1) is 5.92 Å². The molecule has 2 rings (SSSR count). The molecule has 0 bridgehead atoms. The van der Waals surface area contributed by atoms with Crippen molar-refractivity contribution in [2.45, 2.75) is 37.8 Å². The molecule has 1 aliphatic rings. The van der Waals surface area contributed by atoms with E-state index >= 15 is 0 Å². The van der Waals surface area contributed by atoms with Crippen LogP contribution in [-0.2, 0) is 0 Å². The van der Waals surface area contributed by atoms with Crippen LogP contribution in [0.4, 0.5) is 0 Å². The zero-order valence-corrected chi connectivity index (χ0v) is 10.0. The maximum absolute atomic E-state index is 6.34. The number of rotatable bonds is 3. The normalized spacial score (nSPS) is 27.6. The van der Waals surface area contributed by atoms with E-state index in [2.05, 4.69) is 36.6 Å². The number of hydrogen-bond donors (Lipinski definition) is 2. The third-order valence-electron chi connectivity index (χ3n) is 3.87. The Morgan fingerprint density at radius 1 is 1.12 bits per heavy atom. The molecule has 0 saturated heterocycles. The molecule has 0 heterocycles. The Hall–Kier alpha value is -0.860. The van der Waals surface area contributed by atoms with E-state index in [-0.39, 0.29) is 6.04 Å². The average molecular weight is 218 g/mol. The maximum atomic E-state index is 6.34. The molecule has 2 nitrogen and oxygen atoms in total.